The van der Waals surface area contributed by atoms with Crippen LogP contribution >= 0.6 is 0 Å². The maximum Gasteiger partial charge on any atom is 0.317 e. The van der Waals surface area contributed by atoms with Crippen molar-refractivity contribution in [1.82, 2.24) is 25.7 Å². The maximum absolute atomic E-state index is 12.0. The smallest absolute Gasteiger partial charge is 0.317 e. The Morgan fingerprint density at radius 1 is 1.36 bits per heavy atom. The molecule has 8 heteroatoms. The third-order valence-electron chi connectivity index (χ3n) is 3.56. The van der Waals surface area contributed by atoms with Gasteiger partial charge in [0.2, 0.25) is 0 Å². The van der Waals surface area contributed by atoms with Crippen molar-refractivity contribution in [3.8, 4) is 0 Å². The molecule has 0 atom stereocenters. The Morgan fingerprint density at radius 3 is 2.68 bits per heavy atom. The Labute approximate surface area is 128 Å². The van der Waals surface area contributed by atoms with Crippen LogP contribution in [0.2, 0.25) is 0 Å². The topological polar surface area (TPSA) is 107 Å². The van der Waals surface area contributed by atoms with E-state index in [2.05, 4.69) is 20.8 Å². The van der Waals surface area contributed by atoms with Crippen molar-refractivity contribution < 1.29 is 9.59 Å². The molecule has 1 aromatic rings. The summed E-state index contributed by atoms with van der Waals surface area (Å²) in [5.74, 6) is -0.315. The SMILES string of the molecule is CCCNC(=O)N1CCC(NC(=O)c2ccc(=O)[nH]n2)CC1. The van der Waals surface area contributed by atoms with E-state index in [1.165, 1.54) is 12.1 Å². The number of piperidine rings is 1. The molecular weight excluding hydrogens is 286 g/mol. The van der Waals surface area contributed by atoms with Crippen LogP contribution in [0.4, 0.5) is 4.79 Å². The molecule has 8 nitrogen and oxygen atoms in total. The van der Waals surface area contributed by atoms with Gasteiger partial charge in [-0.1, -0.05) is 6.92 Å². The molecule has 1 saturated heterocycles. The van der Waals surface area contributed by atoms with E-state index in [1.807, 2.05) is 6.92 Å². The van der Waals surface area contributed by atoms with Crippen molar-refractivity contribution in [2.75, 3.05) is 19.6 Å². The molecule has 120 valence electrons. The second kappa shape index (κ2) is 7.58. The lowest BCUT2D eigenvalue weighted by Crippen LogP contribution is -2.49. The molecule has 0 saturated carbocycles. The average Bonchev–Trinajstić information content (AvgIpc) is 2.54. The predicted octanol–water partition coefficient (Wildman–Crippen LogP) is 0.0837. The molecule has 0 bridgehead atoms. The number of carbonyl (C=O) groups excluding carboxylic acids is 2. The summed E-state index contributed by atoms with van der Waals surface area (Å²) in [6, 6.07) is 2.62. The minimum atomic E-state index is -0.344. The van der Waals surface area contributed by atoms with E-state index in [0.717, 1.165) is 6.42 Å². The fourth-order valence-electron chi connectivity index (χ4n) is 2.30. The second-order valence-corrected chi connectivity index (χ2v) is 5.27. The first-order chi connectivity index (χ1) is 10.6. The molecule has 1 aliphatic rings. The molecule has 22 heavy (non-hydrogen) atoms. The third-order valence-corrected chi connectivity index (χ3v) is 3.56. The summed E-state index contributed by atoms with van der Waals surface area (Å²) in [5, 5.41) is 11.6. The lowest BCUT2D eigenvalue weighted by Gasteiger charge is -2.32. The molecular formula is C14H21N5O3. The van der Waals surface area contributed by atoms with Gasteiger partial charge in [0.05, 0.1) is 0 Å². The van der Waals surface area contributed by atoms with E-state index in [-0.39, 0.29) is 29.2 Å². The van der Waals surface area contributed by atoms with Crippen LogP contribution in [0.25, 0.3) is 0 Å². The van der Waals surface area contributed by atoms with Crippen LogP contribution in [-0.2, 0) is 0 Å². The Balaban J connectivity index is 1.79. The Kier molecular flexibility index (Phi) is 5.51. The Bertz CT molecular complexity index is 558. The first kappa shape index (κ1) is 16.0. The number of carbonyl (C=O) groups is 2. The van der Waals surface area contributed by atoms with Gasteiger partial charge >= 0.3 is 6.03 Å². The van der Waals surface area contributed by atoms with Crippen LogP contribution in [0, 0.1) is 0 Å². The number of aromatic nitrogens is 2. The number of urea groups is 1. The van der Waals surface area contributed by atoms with Gasteiger partial charge in [-0.2, -0.15) is 5.10 Å². The summed E-state index contributed by atoms with van der Waals surface area (Å²) in [6.07, 6.45) is 2.31. The van der Waals surface area contributed by atoms with Crippen LogP contribution in [0.15, 0.2) is 16.9 Å². The van der Waals surface area contributed by atoms with E-state index in [1.54, 1.807) is 4.90 Å². The van der Waals surface area contributed by atoms with Crippen LogP contribution in [0.3, 0.4) is 0 Å². The number of amides is 3. The highest BCUT2D eigenvalue weighted by Gasteiger charge is 2.24. The van der Waals surface area contributed by atoms with Gasteiger partial charge in [-0.15, -0.1) is 0 Å². The number of nitrogens with one attached hydrogen (secondary N) is 3. The number of nitrogens with zero attached hydrogens (tertiary/aromatic N) is 2. The van der Waals surface area contributed by atoms with Crippen molar-refractivity contribution >= 4 is 11.9 Å². The van der Waals surface area contributed by atoms with Crippen molar-refractivity contribution in [3.05, 3.63) is 28.2 Å². The van der Waals surface area contributed by atoms with Gasteiger partial charge < -0.3 is 15.5 Å². The van der Waals surface area contributed by atoms with Gasteiger partial charge in [0.1, 0.15) is 5.69 Å². The predicted molar refractivity (Wildman–Crippen MR) is 80.6 cm³/mol. The lowest BCUT2D eigenvalue weighted by molar-refractivity contribution is 0.0911. The molecule has 0 radical (unpaired) electrons. The number of rotatable bonds is 4. The zero-order valence-electron chi connectivity index (χ0n) is 12.6. The monoisotopic (exact) mass is 307 g/mol. The molecule has 1 aromatic heterocycles. The van der Waals surface area contributed by atoms with Gasteiger partial charge in [-0.25, -0.2) is 9.89 Å². The van der Waals surface area contributed by atoms with Gasteiger partial charge in [-0.3, -0.25) is 9.59 Å². The normalized spacial score (nSPS) is 15.4. The fourth-order valence-corrected chi connectivity index (χ4v) is 2.30. The molecule has 0 unspecified atom stereocenters. The molecule has 0 aromatic carbocycles. The highest BCUT2D eigenvalue weighted by atomic mass is 16.2. The first-order valence-electron chi connectivity index (χ1n) is 7.49. The minimum absolute atomic E-state index is 0.0106. The summed E-state index contributed by atoms with van der Waals surface area (Å²) in [5.41, 5.74) is -0.161. The van der Waals surface area contributed by atoms with Gasteiger partial charge in [0, 0.05) is 31.7 Å². The maximum atomic E-state index is 12.0. The number of hydrogen-bond acceptors (Lipinski definition) is 4. The zero-order valence-corrected chi connectivity index (χ0v) is 12.6. The van der Waals surface area contributed by atoms with E-state index in [9.17, 15) is 14.4 Å². The summed E-state index contributed by atoms with van der Waals surface area (Å²) in [6.45, 7) is 3.90. The molecule has 2 heterocycles. The third kappa shape index (κ3) is 4.31. The second-order valence-electron chi connectivity index (χ2n) is 5.27. The van der Waals surface area contributed by atoms with Crippen molar-refractivity contribution in [3.63, 3.8) is 0 Å². The van der Waals surface area contributed by atoms with Crippen molar-refractivity contribution in [2.24, 2.45) is 0 Å². The van der Waals surface area contributed by atoms with E-state index in [0.29, 0.717) is 32.5 Å². The molecule has 1 aliphatic heterocycles. The molecule has 2 rings (SSSR count). The fraction of sp³-hybridized carbons (Fsp3) is 0.571. The van der Waals surface area contributed by atoms with Gasteiger partial charge in [-0.05, 0) is 25.3 Å². The van der Waals surface area contributed by atoms with E-state index < -0.39 is 0 Å². The Morgan fingerprint density at radius 2 is 2.09 bits per heavy atom. The minimum Gasteiger partial charge on any atom is -0.348 e. The molecule has 0 aliphatic carbocycles. The van der Waals surface area contributed by atoms with Gasteiger partial charge in [0.15, 0.2) is 0 Å². The number of H-pyrrole nitrogens is 1. The van der Waals surface area contributed by atoms with E-state index in [4.69, 9.17) is 0 Å². The summed E-state index contributed by atoms with van der Waals surface area (Å²) in [4.78, 5) is 36.5. The zero-order chi connectivity index (χ0) is 15.9. The first-order valence-corrected chi connectivity index (χ1v) is 7.49. The van der Waals surface area contributed by atoms with Crippen molar-refractivity contribution in [2.45, 2.75) is 32.2 Å². The quantitative estimate of drug-likeness (QED) is 0.732. The summed E-state index contributed by atoms with van der Waals surface area (Å²) in [7, 11) is 0. The summed E-state index contributed by atoms with van der Waals surface area (Å²) >= 11 is 0. The van der Waals surface area contributed by atoms with Crippen LogP contribution in [0.1, 0.15) is 36.7 Å². The highest BCUT2D eigenvalue weighted by molar-refractivity contribution is 5.92. The largest absolute Gasteiger partial charge is 0.348 e. The summed E-state index contributed by atoms with van der Waals surface area (Å²) < 4.78 is 0. The number of aromatic amines is 1. The number of hydrogen-bond donors (Lipinski definition) is 3. The van der Waals surface area contributed by atoms with Crippen molar-refractivity contribution in [1.29, 1.82) is 0 Å². The lowest BCUT2D eigenvalue weighted by atomic mass is 10.1. The molecule has 0 spiro atoms. The molecule has 1 fully saturated rings. The van der Waals surface area contributed by atoms with E-state index >= 15 is 0 Å². The molecule has 3 N–H and O–H groups in total. The number of likely N-dealkylation sites (tertiary alicyclic amines) is 1. The Hall–Kier alpha value is -2.38. The molecule has 3 amide bonds. The average molecular weight is 307 g/mol. The van der Waals surface area contributed by atoms with Crippen LogP contribution in [0.5, 0.6) is 0 Å². The van der Waals surface area contributed by atoms with Crippen LogP contribution < -0.4 is 16.2 Å². The van der Waals surface area contributed by atoms with Gasteiger partial charge in [0.25, 0.3) is 11.5 Å². The van der Waals surface area contributed by atoms with Crippen LogP contribution in [-0.4, -0.2) is 52.7 Å². The standard InChI is InChI=1S/C14H21N5O3/c1-2-7-15-14(22)19-8-5-10(6-9-19)16-13(21)11-3-4-12(20)18-17-11/h3-4,10H,2,5-9H2,1H3,(H,15,22)(H,16,21)(H,18,20). The highest BCUT2D eigenvalue weighted by Crippen LogP contribution is 2.11.